The Kier molecular flexibility index (Phi) is 3.42. The Morgan fingerprint density at radius 3 is 3.00 bits per heavy atom. The molecular formula is C11H11BrFN3O. The van der Waals surface area contributed by atoms with Crippen LogP contribution in [0.4, 0.5) is 4.39 Å². The van der Waals surface area contributed by atoms with E-state index in [1.807, 2.05) is 6.92 Å². The van der Waals surface area contributed by atoms with Crippen LogP contribution in [0.5, 0.6) is 0 Å². The van der Waals surface area contributed by atoms with Crippen LogP contribution in [0.2, 0.25) is 0 Å². The fourth-order valence-electron chi connectivity index (χ4n) is 1.63. The van der Waals surface area contributed by atoms with Gasteiger partial charge in [-0.05, 0) is 25.1 Å². The molecule has 1 atom stereocenters. The van der Waals surface area contributed by atoms with Crippen molar-refractivity contribution in [2.24, 2.45) is 4.99 Å². The molecule has 17 heavy (non-hydrogen) atoms. The first-order valence-electron chi connectivity index (χ1n) is 5.18. The molecule has 1 amide bonds. The number of aliphatic imine (C=N–C) groups is 1. The highest BCUT2D eigenvalue weighted by molar-refractivity contribution is 9.10. The predicted octanol–water partition coefficient (Wildman–Crippen LogP) is 1.72. The van der Waals surface area contributed by atoms with E-state index in [0.29, 0.717) is 18.1 Å². The molecule has 1 fully saturated rings. The summed E-state index contributed by atoms with van der Waals surface area (Å²) in [6.45, 7) is 2.41. The molecule has 6 heteroatoms. The number of hydrogen-bond donors (Lipinski definition) is 2. The lowest BCUT2D eigenvalue weighted by molar-refractivity contribution is -0.120. The minimum Gasteiger partial charge on any atom is -0.340 e. The second-order valence-electron chi connectivity index (χ2n) is 3.56. The largest absolute Gasteiger partial charge is 0.340 e. The van der Waals surface area contributed by atoms with Crippen molar-refractivity contribution in [3.63, 3.8) is 0 Å². The molecule has 0 bridgehead atoms. The van der Waals surface area contributed by atoms with Crippen LogP contribution in [0.3, 0.4) is 0 Å². The van der Waals surface area contributed by atoms with Gasteiger partial charge in [0.15, 0.2) is 5.96 Å². The van der Waals surface area contributed by atoms with E-state index in [0.717, 1.165) is 4.47 Å². The van der Waals surface area contributed by atoms with Gasteiger partial charge in [-0.25, -0.2) is 4.39 Å². The molecule has 0 spiro atoms. The molecule has 0 aromatic heterocycles. The summed E-state index contributed by atoms with van der Waals surface area (Å²) < 4.78 is 14.4. The number of nitrogens with zero attached hydrogens (tertiary/aromatic N) is 1. The van der Waals surface area contributed by atoms with Crippen molar-refractivity contribution in [3.05, 3.63) is 34.1 Å². The lowest BCUT2D eigenvalue weighted by Gasteiger charge is -2.09. The SMILES string of the molecule is CCN=C1NC(=O)C(c2cc(Br)ccc2F)N1. The maximum absolute atomic E-state index is 13.6. The monoisotopic (exact) mass is 299 g/mol. The number of halogens is 2. The highest BCUT2D eigenvalue weighted by Gasteiger charge is 2.31. The van der Waals surface area contributed by atoms with Crippen LogP contribution in [-0.4, -0.2) is 18.4 Å². The molecule has 1 aromatic carbocycles. The van der Waals surface area contributed by atoms with E-state index in [4.69, 9.17) is 0 Å². The minimum absolute atomic E-state index is 0.297. The number of carbonyl (C=O) groups is 1. The molecule has 1 heterocycles. The molecule has 1 aliphatic heterocycles. The first kappa shape index (κ1) is 12.0. The quantitative estimate of drug-likeness (QED) is 0.874. The fraction of sp³-hybridized carbons (Fsp3) is 0.273. The third kappa shape index (κ3) is 2.46. The number of guanidine groups is 1. The fourth-order valence-corrected chi connectivity index (χ4v) is 2.00. The zero-order valence-electron chi connectivity index (χ0n) is 9.13. The van der Waals surface area contributed by atoms with Gasteiger partial charge in [-0.1, -0.05) is 15.9 Å². The second kappa shape index (κ2) is 4.83. The number of hydrogen-bond acceptors (Lipinski definition) is 2. The average molecular weight is 300 g/mol. The van der Waals surface area contributed by atoms with Gasteiger partial charge < -0.3 is 5.32 Å². The first-order valence-corrected chi connectivity index (χ1v) is 5.98. The summed E-state index contributed by atoms with van der Waals surface area (Å²) in [6, 6.07) is 3.77. The Labute approximate surface area is 106 Å². The van der Waals surface area contributed by atoms with Gasteiger partial charge in [0.25, 0.3) is 5.91 Å². The van der Waals surface area contributed by atoms with Crippen molar-refractivity contribution in [2.45, 2.75) is 13.0 Å². The molecule has 1 aliphatic rings. The van der Waals surface area contributed by atoms with Gasteiger partial charge >= 0.3 is 0 Å². The van der Waals surface area contributed by atoms with Gasteiger partial charge in [-0.3, -0.25) is 15.1 Å². The number of carbonyl (C=O) groups excluding carboxylic acids is 1. The van der Waals surface area contributed by atoms with Gasteiger partial charge in [0.05, 0.1) is 0 Å². The number of nitrogens with one attached hydrogen (secondary N) is 2. The van der Waals surface area contributed by atoms with Gasteiger partial charge in [0.2, 0.25) is 0 Å². The Bertz CT molecular complexity index is 490. The molecule has 2 N–H and O–H groups in total. The highest BCUT2D eigenvalue weighted by atomic mass is 79.9. The van der Waals surface area contributed by atoms with Crippen LogP contribution in [0.15, 0.2) is 27.7 Å². The summed E-state index contributed by atoms with van der Waals surface area (Å²) >= 11 is 3.25. The normalized spacial score (nSPS) is 21.5. The predicted molar refractivity (Wildman–Crippen MR) is 66.1 cm³/mol. The first-order chi connectivity index (χ1) is 8.11. The summed E-state index contributed by atoms with van der Waals surface area (Å²) in [5, 5.41) is 5.42. The van der Waals surface area contributed by atoms with Crippen LogP contribution >= 0.6 is 15.9 Å². The van der Waals surface area contributed by atoms with Gasteiger partial charge in [-0.15, -0.1) is 0 Å². The van der Waals surface area contributed by atoms with Crippen molar-refractivity contribution in [3.8, 4) is 0 Å². The smallest absolute Gasteiger partial charge is 0.254 e. The average Bonchev–Trinajstić information content (AvgIpc) is 2.64. The van der Waals surface area contributed by atoms with E-state index in [2.05, 4.69) is 31.6 Å². The van der Waals surface area contributed by atoms with E-state index in [-0.39, 0.29) is 5.91 Å². The lowest BCUT2D eigenvalue weighted by atomic mass is 10.1. The highest BCUT2D eigenvalue weighted by Crippen LogP contribution is 2.23. The Morgan fingerprint density at radius 2 is 2.29 bits per heavy atom. The Balaban J connectivity index is 2.32. The van der Waals surface area contributed by atoms with Crippen LogP contribution in [0, 0.1) is 5.82 Å². The van der Waals surface area contributed by atoms with E-state index < -0.39 is 11.9 Å². The van der Waals surface area contributed by atoms with E-state index in [1.165, 1.54) is 6.07 Å². The van der Waals surface area contributed by atoms with Crippen molar-refractivity contribution in [1.29, 1.82) is 0 Å². The molecule has 1 aromatic rings. The van der Waals surface area contributed by atoms with Gasteiger partial charge in [0.1, 0.15) is 11.9 Å². The molecule has 0 saturated carbocycles. The molecule has 1 unspecified atom stereocenters. The summed E-state index contributed by atoms with van der Waals surface area (Å²) in [5.74, 6) is -0.324. The molecule has 90 valence electrons. The Morgan fingerprint density at radius 1 is 1.53 bits per heavy atom. The molecule has 0 aliphatic carbocycles. The summed E-state index contributed by atoms with van der Waals surface area (Å²) in [7, 11) is 0. The van der Waals surface area contributed by atoms with E-state index in [9.17, 15) is 9.18 Å². The van der Waals surface area contributed by atoms with E-state index in [1.54, 1.807) is 12.1 Å². The second-order valence-corrected chi connectivity index (χ2v) is 4.47. The maximum Gasteiger partial charge on any atom is 0.254 e. The van der Waals surface area contributed by atoms with Crippen molar-refractivity contribution in [1.82, 2.24) is 10.6 Å². The standard InChI is InChI=1S/C11H11BrFN3O/c1-2-14-11-15-9(10(17)16-11)7-5-6(12)3-4-8(7)13/h3-5,9H,2H2,1H3,(H2,14,15,16,17). The molecule has 1 saturated heterocycles. The topological polar surface area (TPSA) is 53.5 Å². The van der Waals surface area contributed by atoms with Crippen LogP contribution in [0.1, 0.15) is 18.5 Å². The van der Waals surface area contributed by atoms with Crippen molar-refractivity contribution < 1.29 is 9.18 Å². The van der Waals surface area contributed by atoms with Crippen LogP contribution in [0.25, 0.3) is 0 Å². The summed E-state index contributed by atoms with van der Waals surface area (Å²) in [5.41, 5.74) is 0.304. The maximum atomic E-state index is 13.6. The molecule has 2 rings (SSSR count). The van der Waals surface area contributed by atoms with Crippen molar-refractivity contribution in [2.75, 3.05) is 6.54 Å². The van der Waals surface area contributed by atoms with Gasteiger partial charge in [0, 0.05) is 16.6 Å². The van der Waals surface area contributed by atoms with Crippen molar-refractivity contribution >= 4 is 27.8 Å². The molecular weight excluding hydrogens is 289 g/mol. The van der Waals surface area contributed by atoms with Crippen LogP contribution < -0.4 is 10.6 Å². The summed E-state index contributed by atoms with van der Waals surface area (Å²) in [4.78, 5) is 15.7. The molecule has 0 radical (unpaired) electrons. The van der Waals surface area contributed by atoms with E-state index >= 15 is 0 Å². The zero-order valence-corrected chi connectivity index (χ0v) is 10.7. The summed E-state index contributed by atoms with van der Waals surface area (Å²) in [6.07, 6.45) is 0. The number of rotatable bonds is 2. The zero-order chi connectivity index (χ0) is 12.4. The number of benzene rings is 1. The lowest BCUT2D eigenvalue weighted by Crippen LogP contribution is -2.25. The number of amides is 1. The van der Waals surface area contributed by atoms with Crippen LogP contribution in [-0.2, 0) is 4.79 Å². The van der Waals surface area contributed by atoms with Gasteiger partial charge in [-0.2, -0.15) is 0 Å². The Hall–Kier alpha value is -1.43. The minimum atomic E-state index is -0.724. The third-order valence-electron chi connectivity index (χ3n) is 2.37. The third-order valence-corrected chi connectivity index (χ3v) is 2.86. The molecule has 4 nitrogen and oxygen atoms in total.